The SMILES string of the molecule is Nc1ccncc1S(=O)(=O)NCCc1nccs1. The minimum Gasteiger partial charge on any atom is -0.398 e. The van der Waals surface area contributed by atoms with E-state index < -0.39 is 10.0 Å². The van der Waals surface area contributed by atoms with Gasteiger partial charge >= 0.3 is 0 Å². The van der Waals surface area contributed by atoms with Gasteiger partial charge in [-0.25, -0.2) is 18.1 Å². The van der Waals surface area contributed by atoms with Gasteiger partial charge in [-0.3, -0.25) is 4.98 Å². The van der Waals surface area contributed by atoms with Crippen molar-refractivity contribution in [1.82, 2.24) is 14.7 Å². The van der Waals surface area contributed by atoms with E-state index in [0.29, 0.717) is 6.42 Å². The number of aromatic nitrogens is 2. The van der Waals surface area contributed by atoms with Gasteiger partial charge in [0.05, 0.1) is 10.7 Å². The highest BCUT2D eigenvalue weighted by Crippen LogP contribution is 2.15. The van der Waals surface area contributed by atoms with Crippen LogP contribution in [0.1, 0.15) is 5.01 Å². The molecule has 0 aliphatic carbocycles. The van der Waals surface area contributed by atoms with Crippen molar-refractivity contribution in [3.63, 3.8) is 0 Å². The number of anilines is 1. The summed E-state index contributed by atoms with van der Waals surface area (Å²) in [6.45, 7) is 0.282. The Bertz CT molecular complexity index is 611. The zero-order valence-corrected chi connectivity index (χ0v) is 11.0. The predicted octanol–water partition coefficient (Wildman–Crippen LogP) is 0.641. The molecule has 96 valence electrons. The van der Waals surface area contributed by atoms with Crippen molar-refractivity contribution in [2.45, 2.75) is 11.3 Å². The van der Waals surface area contributed by atoms with Crippen LogP contribution in [0.25, 0.3) is 0 Å². The number of nitrogens with two attached hydrogens (primary N) is 1. The molecule has 0 aliphatic heterocycles. The molecule has 2 rings (SSSR count). The fraction of sp³-hybridized carbons (Fsp3) is 0.200. The average molecular weight is 284 g/mol. The first-order valence-corrected chi connectivity index (χ1v) is 7.53. The molecule has 6 nitrogen and oxygen atoms in total. The summed E-state index contributed by atoms with van der Waals surface area (Å²) in [5.41, 5.74) is 5.79. The van der Waals surface area contributed by atoms with Crippen LogP contribution >= 0.6 is 11.3 Å². The van der Waals surface area contributed by atoms with Crippen LogP contribution in [0.2, 0.25) is 0 Å². The molecule has 0 saturated carbocycles. The molecule has 0 aromatic carbocycles. The average Bonchev–Trinajstić information content (AvgIpc) is 2.82. The standard InChI is InChI=1S/C10H12N4O2S2/c11-8-1-3-12-7-9(8)18(15,16)14-4-2-10-13-5-6-17-10/h1,3,5-7,14H,2,4H2,(H2,11,12). The van der Waals surface area contributed by atoms with Gasteiger partial charge in [0.1, 0.15) is 4.90 Å². The van der Waals surface area contributed by atoms with E-state index in [1.807, 2.05) is 5.38 Å². The highest BCUT2D eigenvalue weighted by atomic mass is 32.2. The number of sulfonamides is 1. The van der Waals surface area contributed by atoms with Crippen LogP contribution in [0.15, 0.2) is 34.9 Å². The summed E-state index contributed by atoms with van der Waals surface area (Å²) in [6, 6.07) is 1.45. The molecule has 2 aromatic heterocycles. The first kappa shape index (κ1) is 12.9. The van der Waals surface area contributed by atoms with Crippen LogP contribution in [0.4, 0.5) is 5.69 Å². The van der Waals surface area contributed by atoms with E-state index in [2.05, 4.69) is 14.7 Å². The zero-order chi connectivity index (χ0) is 13.0. The third-order valence-electron chi connectivity index (χ3n) is 2.22. The lowest BCUT2D eigenvalue weighted by Gasteiger charge is -2.07. The molecule has 8 heteroatoms. The minimum atomic E-state index is -3.60. The molecule has 2 aromatic rings. The number of hydrogen-bond acceptors (Lipinski definition) is 6. The molecule has 0 unspecified atom stereocenters. The summed E-state index contributed by atoms with van der Waals surface area (Å²) in [6.07, 6.45) is 4.93. The second kappa shape index (κ2) is 5.42. The van der Waals surface area contributed by atoms with Crippen molar-refractivity contribution >= 4 is 27.0 Å². The van der Waals surface area contributed by atoms with Gasteiger partial charge in [0.25, 0.3) is 0 Å². The Morgan fingerprint density at radius 2 is 2.22 bits per heavy atom. The summed E-state index contributed by atoms with van der Waals surface area (Å²) in [4.78, 5) is 7.84. The van der Waals surface area contributed by atoms with E-state index in [9.17, 15) is 8.42 Å². The molecule has 0 atom stereocenters. The summed E-state index contributed by atoms with van der Waals surface area (Å²) >= 11 is 1.49. The first-order chi connectivity index (χ1) is 8.59. The van der Waals surface area contributed by atoms with Crippen LogP contribution in [0, 0.1) is 0 Å². The second-order valence-corrected chi connectivity index (χ2v) is 6.20. The van der Waals surface area contributed by atoms with Crippen molar-refractivity contribution in [1.29, 1.82) is 0 Å². The maximum absolute atomic E-state index is 11.9. The molecule has 3 N–H and O–H groups in total. The topological polar surface area (TPSA) is 98.0 Å². The van der Waals surface area contributed by atoms with Crippen molar-refractivity contribution in [2.75, 3.05) is 12.3 Å². The Kier molecular flexibility index (Phi) is 3.90. The monoisotopic (exact) mass is 284 g/mol. The van der Waals surface area contributed by atoms with Crippen LogP contribution in [0.3, 0.4) is 0 Å². The molecule has 0 aliphatic rings. The van der Waals surface area contributed by atoms with Crippen molar-refractivity contribution in [3.8, 4) is 0 Å². The van der Waals surface area contributed by atoms with Crippen molar-refractivity contribution < 1.29 is 8.42 Å². The van der Waals surface area contributed by atoms with E-state index in [0.717, 1.165) is 5.01 Å². The fourth-order valence-electron chi connectivity index (χ4n) is 1.36. The second-order valence-electron chi connectivity index (χ2n) is 3.49. The largest absolute Gasteiger partial charge is 0.398 e. The lowest BCUT2D eigenvalue weighted by atomic mass is 10.4. The number of pyridine rings is 1. The number of rotatable bonds is 5. The maximum Gasteiger partial charge on any atom is 0.244 e. The summed E-state index contributed by atoms with van der Waals surface area (Å²) < 4.78 is 26.3. The van der Waals surface area contributed by atoms with Gasteiger partial charge < -0.3 is 5.73 Å². The molecule has 0 bridgehead atoms. The predicted molar refractivity (Wildman–Crippen MR) is 69.7 cm³/mol. The smallest absolute Gasteiger partial charge is 0.244 e. The van der Waals surface area contributed by atoms with Gasteiger partial charge in [0.15, 0.2) is 0 Å². The number of nitrogens with one attached hydrogen (secondary N) is 1. The molecule has 0 fully saturated rings. The Balaban J connectivity index is 2.02. The van der Waals surface area contributed by atoms with Gasteiger partial charge in [-0.1, -0.05) is 0 Å². The molecule has 0 saturated heterocycles. The number of nitrogens with zero attached hydrogens (tertiary/aromatic N) is 2. The number of hydrogen-bond donors (Lipinski definition) is 2. The molecule has 18 heavy (non-hydrogen) atoms. The fourth-order valence-corrected chi connectivity index (χ4v) is 3.09. The zero-order valence-electron chi connectivity index (χ0n) is 9.41. The van der Waals surface area contributed by atoms with E-state index >= 15 is 0 Å². The molecular weight excluding hydrogens is 272 g/mol. The third kappa shape index (κ3) is 3.03. The Hall–Kier alpha value is -1.51. The quantitative estimate of drug-likeness (QED) is 0.839. The number of nitrogen functional groups attached to an aromatic ring is 1. The van der Waals surface area contributed by atoms with E-state index in [1.54, 1.807) is 6.20 Å². The summed E-state index contributed by atoms with van der Waals surface area (Å²) in [7, 11) is -3.60. The van der Waals surface area contributed by atoms with Crippen molar-refractivity contribution in [2.24, 2.45) is 0 Å². The Morgan fingerprint density at radius 1 is 1.39 bits per heavy atom. The highest BCUT2D eigenvalue weighted by molar-refractivity contribution is 7.89. The van der Waals surface area contributed by atoms with Crippen LogP contribution in [0.5, 0.6) is 0 Å². The maximum atomic E-state index is 11.9. The highest BCUT2D eigenvalue weighted by Gasteiger charge is 2.16. The molecular formula is C10H12N4O2S2. The van der Waals surface area contributed by atoms with E-state index in [1.165, 1.54) is 29.8 Å². The van der Waals surface area contributed by atoms with Gasteiger partial charge in [-0.05, 0) is 6.07 Å². The van der Waals surface area contributed by atoms with Gasteiger partial charge in [-0.2, -0.15) is 0 Å². The van der Waals surface area contributed by atoms with Crippen molar-refractivity contribution in [3.05, 3.63) is 35.0 Å². The lowest BCUT2D eigenvalue weighted by Crippen LogP contribution is -2.26. The Labute approximate surface area is 109 Å². The normalized spacial score (nSPS) is 11.6. The Morgan fingerprint density at radius 3 is 2.89 bits per heavy atom. The van der Waals surface area contributed by atoms with Crippen LogP contribution in [-0.4, -0.2) is 24.9 Å². The molecule has 0 radical (unpaired) electrons. The first-order valence-electron chi connectivity index (χ1n) is 5.17. The third-order valence-corrected chi connectivity index (χ3v) is 4.56. The lowest BCUT2D eigenvalue weighted by molar-refractivity contribution is 0.581. The van der Waals surface area contributed by atoms with Crippen LogP contribution in [-0.2, 0) is 16.4 Å². The van der Waals surface area contributed by atoms with Crippen LogP contribution < -0.4 is 10.5 Å². The van der Waals surface area contributed by atoms with E-state index in [-0.39, 0.29) is 17.1 Å². The van der Waals surface area contributed by atoms with E-state index in [4.69, 9.17) is 5.73 Å². The van der Waals surface area contributed by atoms with Gasteiger partial charge in [-0.15, -0.1) is 11.3 Å². The minimum absolute atomic E-state index is 0.00383. The summed E-state index contributed by atoms with van der Waals surface area (Å²) in [5.74, 6) is 0. The molecule has 0 amide bonds. The summed E-state index contributed by atoms with van der Waals surface area (Å²) in [5, 5.41) is 2.74. The molecule has 0 spiro atoms. The number of thiazole rings is 1. The van der Waals surface area contributed by atoms with Gasteiger partial charge in [0, 0.05) is 36.9 Å². The van der Waals surface area contributed by atoms with Gasteiger partial charge in [0.2, 0.25) is 10.0 Å². The molecule has 2 heterocycles.